The molecule has 3 aromatic carbocycles. The van der Waals surface area contributed by atoms with Crippen molar-refractivity contribution in [1.29, 1.82) is 0 Å². The average Bonchev–Trinajstić information content (AvgIpc) is 3.48. The summed E-state index contributed by atoms with van der Waals surface area (Å²) in [5, 5.41) is 0. The highest BCUT2D eigenvalue weighted by molar-refractivity contribution is 7.87. The molecule has 1 saturated heterocycles. The maximum atomic E-state index is 14.8. The van der Waals surface area contributed by atoms with Crippen molar-refractivity contribution in [3.63, 3.8) is 0 Å². The van der Waals surface area contributed by atoms with Gasteiger partial charge in [-0.1, -0.05) is 0 Å². The fourth-order valence-electron chi connectivity index (χ4n) is 5.53. The SMILES string of the molecule is COc1ccc(OC)c(C2=N[C@@H](c3cc(OC)ccc3OC)[C@@H](c3cc(OC)ccc3OC)N2S(=O)(=O)N2CCOCC2)c1. The van der Waals surface area contributed by atoms with Gasteiger partial charge in [0.15, 0.2) is 5.84 Å². The van der Waals surface area contributed by atoms with Crippen molar-refractivity contribution in [1.82, 2.24) is 8.61 Å². The summed E-state index contributed by atoms with van der Waals surface area (Å²) in [4.78, 5) is 5.17. The molecule has 0 radical (unpaired) electrons. The fraction of sp³-hybridized carbons (Fsp3) is 0.387. The van der Waals surface area contributed by atoms with Crippen LogP contribution in [0.1, 0.15) is 28.8 Å². The van der Waals surface area contributed by atoms with Gasteiger partial charge in [-0.05, 0) is 54.6 Å². The number of ether oxygens (including phenoxy) is 7. The van der Waals surface area contributed by atoms with E-state index in [1.165, 1.54) is 29.9 Å². The van der Waals surface area contributed by atoms with E-state index in [4.69, 9.17) is 38.2 Å². The molecule has 0 bridgehead atoms. The monoisotopic (exact) mass is 627 g/mol. The number of nitrogens with zero attached hydrogens (tertiary/aromatic N) is 3. The molecule has 0 spiro atoms. The molecule has 2 aliphatic heterocycles. The van der Waals surface area contributed by atoms with E-state index in [0.717, 1.165) is 0 Å². The van der Waals surface area contributed by atoms with E-state index in [1.807, 2.05) is 0 Å². The highest BCUT2D eigenvalue weighted by Crippen LogP contribution is 2.51. The summed E-state index contributed by atoms with van der Waals surface area (Å²) in [6.45, 7) is 0.886. The van der Waals surface area contributed by atoms with E-state index in [0.29, 0.717) is 51.2 Å². The fourth-order valence-corrected chi connectivity index (χ4v) is 7.27. The summed E-state index contributed by atoms with van der Waals surface area (Å²) in [7, 11) is 5.03. The largest absolute Gasteiger partial charge is 0.497 e. The first kappa shape index (κ1) is 31.2. The molecular formula is C31H37N3O9S. The molecule has 3 aromatic rings. The lowest BCUT2D eigenvalue weighted by molar-refractivity contribution is 0.0707. The number of rotatable bonds is 11. The van der Waals surface area contributed by atoms with Crippen LogP contribution in [0.5, 0.6) is 34.5 Å². The second-order valence-electron chi connectivity index (χ2n) is 9.94. The summed E-state index contributed by atoms with van der Waals surface area (Å²) < 4.78 is 71.9. The number of benzene rings is 3. The van der Waals surface area contributed by atoms with E-state index < -0.39 is 22.3 Å². The highest BCUT2D eigenvalue weighted by Gasteiger charge is 2.50. The number of morpholine rings is 1. The first-order valence-corrected chi connectivity index (χ1v) is 15.3. The molecule has 2 atom stereocenters. The molecule has 0 amide bonds. The summed E-state index contributed by atoms with van der Waals surface area (Å²) in [6, 6.07) is 14.0. The Balaban J connectivity index is 1.86. The van der Waals surface area contributed by atoms with Crippen LogP contribution >= 0.6 is 0 Å². The summed E-state index contributed by atoms with van der Waals surface area (Å²) in [5.74, 6) is 3.13. The van der Waals surface area contributed by atoms with Crippen LogP contribution in [-0.4, -0.2) is 91.8 Å². The van der Waals surface area contributed by atoms with Gasteiger partial charge in [-0.3, -0.25) is 4.99 Å². The lowest BCUT2D eigenvalue weighted by Crippen LogP contribution is -2.50. The average molecular weight is 628 g/mol. The van der Waals surface area contributed by atoms with Gasteiger partial charge >= 0.3 is 10.2 Å². The Bertz CT molecular complexity index is 1620. The molecule has 1 fully saturated rings. The molecule has 236 valence electrons. The zero-order valence-electron chi connectivity index (χ0n) is 25.6. The zero-order chi connectivity index (χ0) is 31.4. The molecule has 44 heavy (non-hydrogen) atoms. The van der Waals surface area contributed by atoms with Gasteiger partial charge in [-0.25, -0.2) is 4.31 Å². The number of methoxy groups -OCH3 is 6. The molecule has 2 aliphatic rings. The Kier molecular flexibility index (Phi) is 9.37. The standard InChI is InChI=1S/C31H37N3O9S/c1-37-20-7-10-26(40-4)23(17-20)29-30(24-18-21(38-2)8-11-27(24)41-5)34(44(35,36)33-13-15-43-16-14-33)31(32-29)25-19-22(39-3)9-12-28(25)42-6/h7-12,17-19,29-30H,13-16H2,1-6H3/t29-,30+/m0/s1. The van der Waals surface area contributed by atoms with Gasteiger partial charge in [-0.15, -0.1) is 0 Å². The van der Waals surface area contributed by atoms with Crippen LogP contribution in [0.25, 0.3) is 0 Å². The first-order chi connectivity index (χ1) is 21.3. The van der Waals surface area contributed by atoms with Gasteiger partial charge in [0, 0.05) is 24.2 Å². The van der Waals surface area contributed by atoms with Crippen LogP contribution in [0.2, 0.25) is 0 Å². The highest BCUT2D eigenvalue weighted by atomic mass is 32.2. The van der Waals surface area contributed by atoms with E-state index in [-0.39, 0.29) is 32.1 Å². The van der Waals surface area contributed by atoms with Crippen molar-refractivity contribution in [2.45, 2.75) is 12.1 Å². The van der Waals surface area contributed by atoms with Crippen molar-refractivity contribution in [2.24, 2.45) is 4.99 Å². The first-order valence-electron chi connectivity index (χ1n) is 13.9. The van der Waals surface area contributed by atoms with Gasteiger partial charge in [-0.2, -0.15) is 12.7 Å². The third-order valence-corrected chi connectivity index (χ3v) is 9.64. The quantitative estimate of drug-likeness (QED) is 0.312. The summed E-state index contributed by atoms with van der Waals surface area (Å²) in [6.07, 6.45) is 0. The number of hydrogen-bond acceptors (Lipinski definition) is 10. The third kappa shape index (κ3) is 5.70. The number of hydrogen-bond donors (Lipinski definition) is 0. The van der Waals surface area contributed by atoms with Gasteiger partial charge in [0.05, 0.1) is 61.4 Å². The Hall–Kier alpha value is -4.20. The lowest BCUT2D eigenvalue weighted by Gasteiger charge is -2.36. The van der Waals surface area contributed by atoms with Gasteiger partial charge in [0.1, 0.15) is 46.6 Å². The molecule has 5 rings (SSSR count). The molecule has 0 aliphatic carbocycles. The lowest BCUT2D eigenvalue weighted by atomic mass is 9.93. The second-order valence-corrected chi connectivity index (χ2v) is 11.7. The van der Waals surface area contributed by atoms with Gasteiger partial charge < -0.3 is 33.2 Å². The molecule has 0 saturated carbocycles. The molecule has 0 aromatic heterocycles. The Morgan fingerprint density at radius 1 is 0.682 bits per heavy atom. The second kappa shape index (κ2) is 13.2. The van der Waals surface area contributed by atoms with E-state index >= 15 is 0 Å². The minimum absolute atomic E-state index is 0.164. The Morgan fingerprint density at radius 2 is 1.18 bits per heavy atom. The van der Waals surface area contributed by atoms with Crippen LogP contribution < -0.4 is 28.4 Å². The van der Waals surface area contributed by atoms with Crippen LogP contribution in [-0.2, 0) is 14.9 Å². The van der Waals surface area contributed by atoms with Crippen LogP contribution in [0.15, 0.2) is 59.6 Å². The van der Waals surface area contributed by atoms with Gasteiger partial charge in [0.2, 0.25) is 0 Å². The Labute approximate surface area is 257 Å². The van der Waals surface area contributed by atoms with Crippen LogP contribution in [0, 0.1) is 0 Å². The van der Waals surface area contributed by atoms with Crippen LogP contribution in [0.3, 0.4) is 0 Å². The van der Waals surface area contributed by atoms with Crippen molar-refractivity contribution in [3.8, 4) is 34.5 Å². The van der Waals surface area contributed by atoms with Crippen molar-refractivity contribution >= 4 is 16.0 Å². The van der Waals surface area contributed by atoms with E-state index in [2.05, 4.69) is 0 Å². The van der Waals surface area contributed by atoms with Crippen molar-refractivity contribution in [3.05, 3.63) is 71.3 Å². The maximum absolute atomic E-state index is 14.8. The molecule has 12 nitrogen and oxygen atoms in total. The van der Waals surface area contributed by atoms with E-state index in [1.54, 1.807) is 75.9 Å². The minimum Gasteiger partial charge on any atom is -0.497 e. The molecule has 0 unspecified atom stereocenters. The number of amidine groups is 1. The van der Waals surface area contributed by atoms with Crippen molar-refractivity contribution < 1.29 is 41.6 Å². The topological polar surface area (TPSA) is 118 Å². The number of aliphatic imine (C=N–C) groups is 1. The minimum atomic E-state index is -4.23. The predicted octanol–water partition coefficient (Wildman–Crippen LogP) is 3.86. The van der Waals surface area contributed by atoms with Crippen LogP contribution in [0.4, 0.5) is 0 Å². The van der Waals surface area contributed by atoms with E-state index in [9.17, 15) is 8.42 Å². The summed E-state index contributed by atoms with van der Waals surface area (Å²) in [5.41, 5.74) is 1.58. The summed E-state index contributed by atoms with van der Waals surface area (Å²) >= 11 is 0. The molecule has 13 heteroatoms. The molecular weight excluding hydrogens is 590 g/mol. The van der Waals surface area contributed by atoms with Crippen molar-refractivity contribution in [2.75, 3.05) is 69.0 Å². The smallest absolute Gasteiger partial charge is 0.306 e. The molecule has 2 heterocycles. The maximum Gasteiger partial charge on any atom is 0.306 e. The van der Waals surface area contributed by atoms with Gasteiger partial charge in [0.25, 0.3) is 0 Å². The third-order valence-electron chi connectivity index (χ3n) is 7.73. The predicted molar refractivity (Wildman–Crippen MR) is 164 cm³/mol. The zero-order valence-corrected chi connectivity index (χ0v) is 26.4. The normalized spacial score (nSPS) is 18.9. The Morgan fingerprint density at radius 3 is 1.73 bits per heavy atom. The molecule has 0 N–H and O–H groups in total.